The number of H-pyrrole nitrogens is 1. The van der Waals surface area contributed by atoms with Crippen molar-refractivity contribution in [1.29, 1.82) is 0 Å². The van der Waals surface area contributed by atoms with Crippen molar-refractivity contribution in [2.24, 2.45) is 0 Å². The van der Waals surface area contributed by atoms with E-state index in [2.05, 4.69) is 20.2 Å². The molecule has 0 unspecified atom stereocenters. The molecule has 130 valence electrons. The number of nitrogens with one attached hydrogen (secondary N) is 1. The number of aromatic amines is 1. The van der Waals surface area contributed by atoms with Gasteiger partial charge in [0, 0.05) is 36.4 Å². The Labute approximate surface area is 140 Å². The summed E-state index contributed by atoms with van der Waals surface area (Å²) in [6, 6.07) is 2.15. The van der Waals surface area contributed by atoms with Crippen LogP contribution >= 0.6 is 0 Å². The Morgan fingerprint density at radius 2 is 1.76 bits per heavy atom. The quantitative estimate of drug-likeness (QED) is 0.771. The Balaban J connectivity index is 1.74. The molecular formula is C16H14F3N5O. The summed E-state index contributed by atoms with van der Waals surface area (Å²) >= 11 is 0. The molecule has 3 aromatic rings. The van der Waals surface area contributed by atoms with Crippen molar-refractivity contribution in [2.75, 3.05) is 31.2 Å². The van der Waals surface area contributed by atoms with Gasteiger partial charge in [-0.25, -0.2) is 9.97 Å². The highest BCUT2D eigenvalue weighted by Crippen LogP contribution is 2.36. The first-order valence-corrected chi connectivity index (χ1v) is 7.72. The number of ether oxygens (including phenoxy) is 1. The molecule has 0 radical (unpaired) electrons. The average molecular weight is 349 g/mol. The molecule has 4 rings (SSSR count). The summed E-state index contributed by atoms with van der Waals surface area (Å²) < 4.78 is 44.7. The molecule has 25 heavy (non-hydrogen) atoms. The fourth-order valence-corrected chi connectivity index (χ4v) is 2.84. The summed E-state index contributed by atoms with van der Waals surface area (Å²) in [6.45, 7) is 2.59. The van der Waals surface area contributed by atoms with Crippen molar-refractivity contribution >= 4 is 16.9 Å². The zero-order valence-electron chi connectivity index (χ0n) is 13.0. The molecule has 3 heterocycles. The van der Waals surface area contributed by atoms with Crippen LogP contribution in [0.1, 0.15) is 5.56 Å². The summed E-state index contributed by atoms with van der Waals surface area (Å²) in [4.78, 5) is 10.6. The standard InChI is InChI=1S/C16H14F3N5O/c17-16(18,19)11-5-12(13-9-22-23-14(13)6-11)10-7-20-15(21-8-10)24-1-3-25-4-2-24/h5-9H,1-4H2,(H,22,23). The largest absolute Gasteiger partial charge is 0.416 e. The van der Waals surface area contributed by atoms with Crippen molar-refractivity contribution in [3.05, 3.63) is 36.3 Å². The van der Waals surface area contributed by atoms with Crippen molar-refractivity contribution in [3.63, 3.8) is 0 Å². The third-order valence-corrected chi connectivity index (χ3v) is 4.13. The molecule has 6 nitrogen and oxygen atoms in total. The van der Waals surface area contributed by atoms with Gasteiger partial charge in [0.15, 0.2) is 0 Å². The number of alkyl halides is 3. The maximum Gasteiger partial charge on any atom is 0.416 e. The van der Waals surface area contributed by atoms with Crippen LogP contribution < -0.4 is 4.90 Å². The third-order valence-electron chi connectivity index (χ3n) is 4.13. The molecule has 0 spiro atoms. The molecule has 0 amide bonds. The van der Waals surface area contributed by atoms with E-state index >= 15 is 0 Å². The number of hydrogen-bond donors (Lipinski definition) is 1. The van der Waals surface area contributed by atoms with E-state index in [1.54, 1.807) is 12.4 Å². The SMILES string of the molecule is FC(F)(F)c1cc(-c2cnc(N3CCOCC3)nc2)c2cn[nH]c2c1. The monoisotopic (exact) mass is 349 g/mol. The van der Waals surface area contributed by atoms with Gasteiger partial charge in [-0.05, 0) is 17.7 Å². The lowest BCUT2D eigenvalue weighted by Gasteiger charge is -2.26. The number of nitrogens with zero attached hydrogens (tertiary/aromatic N) is 4. The van der Waals surface area contributed by atoms with E-state index in [1.165, 1.54) is 6.20 Å². The smallest absolute Gasteiger partial charge is 0.378 e. The Hall–Kier alpha value is -2.68. The maximum atomic E-state index is 13.1. The van der Waals surface area contributed by atoms with Crippen LogP contribution in [0.4, 0.5) is 19.1 Å². The van der Waals surface area contributed by atoms with E-state index in [1.807, 2.05) is 4.90 Å². The van der Waals surface area contributed by atoms with Gasteiger partial charge in [-0.3, -0.25) is 5.10 Å². The summed E-state index contributed by atoms with van der Waals surface area (Å²) in [5.74, 6) is 0.544. The molecule has 9 heteroatoms. The van der Waals surface area contributed by atoms with Crippen molar-refractivity contribution in [1.82, 2.24) is 20.2 Å². The van der Waals surface area contributed by atoms with Crippen LogP contribution in [-0.2, 0) is 10.9 Å². The number of hydrogen-bond acceptors (Lipinski definition) is 5. The Kier molecular flexibility index (Phi) is 3.79. The van der Waals surface area contributed by atoms with Gasteiger partial charge in [0.25, 0.3) is 0 Å². The van der Waals surface area contributed by atoms with Gasteiger partial charge in [-0.15, -0.1) is 0 Å². The van der Waals surface area contributed by atoms with Gasteiger partial charge in [-0.1, -0.05) is 0 Å². The van der Waals surface area contributed by atoms with Crippen LogP contribution in [0.15, 0.2) is 30.7 Å². The summed E-state index contributed by atoms with van der Waals surface area (Å²) in [7, 11) is 0. The number of benzene rings is 1. The summed E-state index contributed by atoms with van der Waals surface area (Å²) in [6.07, 6.45) is 0.142. The number of halogens is 3. The lowest BCUT2D eigenvalue weighted by atomic mass is 10.0. The Morgan fingerprint density at radius 1 is 1.04 bits per heavy atom. The average Bonchev–Trinajstić information content (AvgIpc) is 3.10. The third kappa shape index (κ3) is 3.02. The first-order valence-electron chi connectivity index (χ1n) is 7.72. The maximum absolute atomic E-state index is 13.1. The molecule has 0 bridgehead atoms. The van der Waals surface area contributed by atoms with Gasteiger partial charge in [-0.2, -0.15) is 18.3 Å². The van der Waals surface area contributed by atoms with Crippen molar-refractivity contribution in [2.45, 2.75) is 6.18 Å². The van der Waals surface area contributed by atoms with Crippen LogP contribution in [0.2, 0.25) is 0 Å². The number of aromatic nitrogens is 4. The molecule has 1 N–H and O–H groups in total. The number of fused-ring (bicyclic) bond motifs is 1. The van der Waals surface area contributed by atoms with E-state index in [9.17, 15) is 13.2 Å². The van der Waals surface area contributed by atoms with E-state index in [0.29, 0.717) is 54.3 Å². The molecule has 1 saturated heterocycles. The zero-order chi connectivity index (χ0) is 17.4. The molecule has 1 aliphatic rings. The van der Waals surface area contributed by atoms with Crippen LogP contribution in [0, 0.1) is 0 Å². The second kappa shape index (κ2) is 5.99. The fraction of sp³-hybridized carbons (Fsp3) is 0.312. The molecule has 1 fully saturated rings. The van der Waals surface area contributed by atoms with Gasteiger partial charge in [0.05, 0.1) is 30.5 Å². The second-order valence-corrected chi connectivity index (χ2v) is 5.72. The topological polar surface area (TPSA) is 66.9 Å². The highest BCUT2D eigenvalue weighted by Gasteiger charge is 2.32. The van der Waals surface area contributed by atoms with Crippen molar-refractivity contribution < 1.29 is 17.9 Å². The van der Waals surface area contributed by atoms with E-state index in [-0.39, 0.29) is 0 Å². The predicted octanol–water partition coefficient (Wildman–Crippen LogP) is 2.88. The minimum Gasteiger partial charge on any atom is -0.378 e. The Bertz CT molecular complexity index is 885. The van der Waals surface area contributed by atoms with Gasteiger partial charge < -0.3 is 9.64 Å². The van der Waals surface area contributed by atoms with Crippen LogP contribution in [0.3, 0.4) is 0 Å². The lowest BCUT2D eigenvalue weighted by Crippen LogP contribution is -2.37. The zero-order valence-corrected chi connectivity index (χ0v) is 13.0. The number of morpholine rings is 1. The van der Waals surface area contributed by atoms with Gasteiger partial charge >= 0.3 is 6.18 Å². The lowest BCUT2D eigenvalue weighted by molar-refractivity contribution is -0.137. The summed E-state index contributed by atoms with van der Waals surface area (Å²) in [5.41, 5.74) is 0.486. The minimum atomic E-state index is -4.44. The van der Waals surface area contributed by atoms with E-state index < -0.39 is 11.7 Å². The second-order valence-electron chi connectivity index (χ2n) is 5.72. The van der Waals surface area contributed by atoms with Crippen LogP contribution in [0.25, 0.3) is 22.0 Å². The molecule has 1 aliphatic heterocycles. The fourth-order valence-electron chi connectivity index (χ4n) is 2.84. The van der Waals surface area contributed by atoms with Crippen LogP contribution in [-0.4, -0.2) is 46.5 Å². The minimum absolute atomic E-state index is 0.321. The predicted molar refractivity (Wildman–Crippen MR) is 85.2 cm³/mol. The molecule has 0 saturated carbocycles. The molecular weight excluding hydrogens is 335 g/mol. The summed E-state index contributed by atoms with van der Waals surface area (Å²) in [5, 5.41) is 7.03. The highest BCUT2D eigenvalue weighted by atomic mass is 19.4. The molecule has 0 aliphatic carbocycles. The van der Waals surface area contributed by atoms with E-state index in [0.717, 1.165) is 12.1 Å². The van der Waals surface area contributed by atoms with Gasteiger partial charge in [0.1, 0.15) is 0 Å². The molecule has 1 aromatic carbocycles. The normalized spacial score (nSPS) is 15.7. The van der Waals surface area contributed by atoms with Crippen LogP contribution in [0.5, 0.6) is 0 Å². The van der Waals surface area contributed by atoms with Crippen molar-refractivity contribution in [3.8, 4) is 11.1 Å². The number of anilines is 1. The molecule has 2 aromatic heterocycles. The Morgan fingerprint density at radius 3 is 2.44 bits per heavy atom. The molecule has 0 atom stereocenters. The van der Waals surface area contributed by atoms with Gasteiger partial charge in [0.2, 0.25) is 5.95 Å². The first kappa shape index (κ1) is 15.8. The first-order chi connectivity index (χ1) is 12.0. The van der Waals surface area contributed by atoms with E-state index in [4.69, 9.17) is 4.74 Å². The number of rotatable bonds is 2. The highest BCUT2D eigenvalue weighted by molar-refractivity contribution is 5.94.